The number of phenols is 1. The quantitative estimate of drug-likeness (QED) is 0.623. The van der Waals surface area contributed by atoms with Gasteiger partial charge >= 0.3 is 0 Å². The van der Waals surface area contributed by atoms with Crippen LogP contribution >= 0.6 is 24.2 Å². The molecule has 0 saturated carbocycles. The van der Waals surface area contributed by atoms with Crippen LogP contribution in [0.3, 0.4) is 0 Å². The number of allylic oxidation sites excluding steroid dienone is 3. The second-order valence-corrected chi connectivity index (χ2v) is 11.2. The van der Waals surface area contributed by atoms with Crippen molar-refractivity contribution in [1.82, 2.24) is 5.32 Å². The first-order valence-corrected chi connectivity index (χ1v) is 11.7. The van der Waals surface area contributed by atoms with Gasteiger partial charge in [0.25, 0.3) is 0 Å². The predicted octanol–water partition coefficient (Wildman–Crippen LogP) is 1.74. The lowest BCUT2D eigenvalue weighted by atomic mass is 10.1. The zero-order valence-corrected chi connectivity index (χ0v) is 17.5. The molecule has 2 aliphatic rings. The number of hydrogen-bond acceptors (Lipinski definition) is 7. The van der Waals surface area contributed by atoms with Crippen molar-refractivity contribution >= 4 is 44.0 Å². The van der Waals surface area contributed by atoms with Crippen molar-refractivity contribution in [3.63, 3.8) is 0 Å². The number of sulfonamides is 1. The van der Waals surface area contributed by atoms with Crippen LogP contribution in [0.15, 0.2) is 56.8 Å². The second kappa shape index (κ2) is 7.88. The van der Waals surface area contributed by atoms with Crippen LogP contribution in [0, 0.1) is 0 Å². The molecule has 1 atom stereocenters. The van der Waals surface area contributed by atoms with Crippen molar-refractivity contribution in [3.8, 4) is 5.75 Å². The van der Waals surface area contributed by atoms with Gasteiger partial charge in [0, 0.05) is 24.2 Å². The summed E-state index contributed by atoms with van der Waals surface area (Å²) >= 11 is 0.736. The van der Waals surface area contributed by atoms with Crippen LogP contribution in [0.2, 0.25) is 0 Å². The molecule has 0 spiro atoms. The molecule has 27 heavy (non-hydrogen) atoms. The van der Waals surface area contributed by atoms with E-state index in [4.69, 9.17) is 5.14 Å². The summed E-state index contributed by atoms with van der Waals surface area (Å²) in [5.41, 5.74) is 1.70. The highest BCUT2D eigenvalue weighted by Crippen LogP contribution is 2.47. The molecule has 1 aromatic rings. The van der Waals surface area contributed by atoms with Gasteiger partial charge < -0.3 is 10.4 Å². The number of fused-ring (bicyclic) bond motifs is 1. The fraction of sp³-hybridized carbons (Fsp3) is 0.250. The number of halogens is 1. The highest BCUT2D eigenvalue weighted by Gasteiger charge is 2.43. The maximum Gasteiger partial charge on any atom is 0.244 e. The Kier molecular flexibility index (Phi) is 6.37. The Morgan fingerprint density at radius 1 is 1.22 bits per heavy atom. The second-order valence-electron chi connectivity index (χ2n) is 5.86. The molecule has 0 bridgehead atoms. The van der Waals surface area contributed by atoms with Crippen molar-refractivity contribution in [1.29, 1.82) is 0 Å². The van der Waals surface area contributed by atoms with E-state index in [1.807, 2.05) is 6.92 Å². The van der Waals surface area contributed by atoms with Gasteiger partial charge in [0.15, 0.2) is 9.84 Å². The molecule has 1 unspecified atom stereocenters. The van der Waals surface area contributed by atoms with Crippen molar-refractivity contribution in [3.05, 3.63) is 62.4 Å². The molecular formula is C16H19ClN2O5S3. The van der Waals surface area contributed by atoms with Crippen molar-refractivity contribution in [2.24, 2.45) is 5.14 Å². The van der Waals surface area contributed by atoms with E-state index in [-0.39, 0.29) is 33.7 Å². The van der Waals surface area contributed by atoms with Gasteiger partial charge in [0.1, 0.15) is 14.6 Å². The summed E-state index contributed by atoms with van der Waals surface area (Å²) < 4.78 is 48.2. The Balaban J connectivity index is 0.00000261. The third-order valence-electron chi connectivity index (χ3n) is 3.98. The third kappa shape index (κ3) is 4.35. The lowest BCUT2D eigenvalue weighted by Crippen LogP contribution is -2.28. The van der Waals surface area contributed by atoms with Gasteiger partial charge in [-0.1, -0.05) is 23.9 Å². The number of phenolic OH excluding ortho intramolecular Hbond substituents is 1. The van der Waals surface area contributed by atoms with E-state index < -0.39 is 24.4 Å². The summed E-state index contributed by atoms with van der Waals surface area (Å²) in [6.45, 7) is 2.42. The lowest BCUT2D eigenvalue weighted by molar-refractivity contribution is 0.475. The van der Waals surface area contributed by atoms with E-state index in [2.05, 4.69) is 5.32 Å². The zero-order chi connectivity index (χ0) is 19.1. The first kappa shape index (κ1) is 21.8. The molecule has 3 rings (SSSR count). The first-order valence-electron chi connectivity index (χ1n) is 7.74. The van der Waals surface area contributed by atoms with Crippen LogP contribution < -0.4 is 10.5 Å². The largest absolute Gasteiger partial charge is 0.508 e. The third-order valence-corrected chi connectivity index (χ3v) is 9.32. The summed E-state index contributed by atoms with van der Waals surface area (Å²) in [7, 11) is -7.75. The minimum Gasteiger partial charge on any atom is -0.508 e. The van der Waals surface area contributed by atoms with E-state index in [9.17, 15) is 21.9 Å². The fourth-order valence-corrected chi connectivity index (χ4v) is 7.43. The highest BCUT2D eigenvalue weighted by molar-refractivity contribution is 8.25. The molecule has 0 aromatic heterocycles. The number of primary sulfonamides is 1. The zero-order valence-electron chi connectivity index (χ0n) is 14.2. The van der Waals surface area contributed by atoms with Gasteiger partial charge in [0.05, 0.1) is 4.91 Å². The number of likely N-dealkylation sites (N-methyl/N-ethyl adjacent to an activating group) is 1. The molecule has 0 amide bonds. The number of hydrogen-bond donors (Lipinski definition) is 3. The number of aromatic hydroxyl groups is 1. The topological polar surface area (TPSA) is 127 Å². The van der Waals surface area contributed by atoms with Gasteiger partial charge in [-0.05, 0) is 36.8 Å². The van der Waals surface area contributed by atoms with E-state index >= 15 is 0 Å². The average Bonchev–Trinajstić information content (AvgIpc) is 3.01. The summed E-state index contributed by atoms with van der Waals surface area (Å²) in [5.74, 6) is 0.0955. The Hall–Kier alpha value is -1.46. The molecule has 2 aliphatic heterocycles. The summed E-state index contributed by atoms with van der Waals surface area (Å²) in [6.07, 6.45) is 3.02. The average molecular weight is 451 g/mol. The molecule has 148 valence electrons. The van der Waals surface area contributed by atoms with Crippen LogP contribution in [0.5, 0.6) is 5.75 Å². The smallest absolute Gasteiger partial charge is 0.244 e. The van der Waals surface area contributed by atoms with Gasteiger partial charge in [-0.2, -0.15) is 0 Å². The van der Waals surface area contributed by atoms with Gasteiger partial charge in [-0.25, -0.2) is 22.0 Å². The number of nitrogens with two attached hydrogens (primary N) is 1. The maximum atomic E-state index is 13.0. The van der Waals surface area contributed by atoms with Crippen molar-refractivity contribution in [2.75, 3.05) is 6.54 Å². The fourth-order valence-electron chi connectivity index (χ4n) is 2.76. The van der Waals surface area contributed by atoms with Crippen molar-refractivity contribution < 1.29 is 21.9 Å². The maximum absolute atomic E-state index is 13.0. The summed E-state index contributed by atoms with van der Waals surface area (Å²) in [6, 6.07) is 6.27. The first-order chi connectivity index (χ1) is 12.1. The van der Waals surface area contributed by atoms with Gasteiger partial charge in [-0.15, -0.1) is 12.4 Å². The molecule has 7 nitrogen and oxygen atoms in total. The molecule has 0 fully saturated rings. The van der Waals surface area contributed by atoms with Crippen LogP contribution in [0.4, 0.5) is 0 Å². The molecule has 0 aliphatic carbocycles. The molecule has 1 aromatic carbocycles. The standard InChI is InChI=1S/C16H18N2O5S3.ClH/c1-2-18-14-8-12(7-10-3-5-11(19)6-4-10)25(20,21)16-13(14)9-15(24-16)26(17,22)23;/h3-6,8-9,16,18-19H,2,7H2,1H3,(H2,17,22,23);1H. The number of thioether (sulfide) groups is 1. The number of rotatable bonds is 5. The summed E-state index contributed by atoms with van der Waals surface area (Å²) in [4.78, 5) is 0.185. The molecule has 11 heteroatoms. The minimum absolute atomic E-state index is 0. The number of benzene rings is 1. The highest BCUT2D eigenvalue weighted by atomic mass is 35.5. The lowest BCUT2D eigenvalue weighted by Gasteiger charge is -2.24. The van der Waals surface area contributed by atoms with Crippen LogP contribution in [-0.2, 0) is 26.3 Å². The van der Waals surface area contributed by atoms with E-state index in [1.54, 1.807) is 18.2 Å². The summed E-state index contributed by atoms with van der Waals surface area (Å²) in [5, 5.41) is 17.7. The van der Waals surface area contributed by atoms with Crippen LogP contribution in [0.25, 0.3) is 0 Å². The Labute approximate surface area is 168 Å². The van der Waals surface area contributed by atoms with Crippen LogP contribution in [-0.4, -0.2) is 33.1 Å². The van der Waals surface area contributed by atoms with Gasteiger partial charge in [-0.3, -0.25) is 0 Å². The number of nitrogens with one attached hydrogen (secondary N) is 1. The normalized spacial score (nSPS) is 21.0. The van der Waals surface area contributed by atoms with E-state index in [0.717, 1.165) is 17.3 Å². The molecular weight excluding hydrogens is 432 g/mol. The minimum atomic E-state index is -3.98. The SMILES string of the molecule is CCNC1=C2C=C(S(N)(=O)=O)SC2S(=O)(=O)C(Cc2ccc(O)cc2)=C1.Cl. The molecule has 2 heterocycles. The monoisotopic (exact) mass is 450 g/mol. The Bertz CT molecular complexity index is 1040. The van der Waals surface area contributed by atoms with Crippen LogP contribution in [0.1, 0.15) is 12.5 Å². The molecule has 0 saturated heterocycles. The van der Waals surface area contributed by atoms with Gasteiger partial charge in [0.2, 0.25) is 10.0 Å². The molecule has 0 radical (unpaired) electrons. The molecule has 4 N–H and O–H groups in total. The van der Waals surface area contributed by atoms with E-state index in [0.29, 0.717) is 17.8 Å². The predicted molar refractivity (Wildman–Crippen MR) is 109 cm³/mol. The number of sulfone groups is 1. The Morgan fingerprint density at radius 3 is 2.41 bits per heavy atom. The Morgan fingerprint density at radius 2 is 1.85 bits per heavy atom. The van der Waals surface area contributed by atoms with E-state index in [1.165, 1.54) is 18.2 Å². The van der Waals surface area contributed by atoms with Crippen molar-refractivity contribution in [2.45, 2.75) is 17.9 Å².